The van der Waals surface area contributed by atoms with E-state index in [1.54, 1.807) is 7.11 Å². The van der Waals surface area contributed by atoms with E-state index in [0.717, 1.165) is 55.3 Å². The number of hydrogen-bond donors (Lipinski definition) is 0. The van der Waals surface area contributed by atoms with Gasteiger partial charge in [0, 0.05) is 25.4 Å². The van der Waals surface area contributed by atoms with E-state index in [4.69, 9.17) is 9.15 Å². The van der Waals surface area contributed by atoms with Crippen LogP contribution in [0.4, 0.5) is 0 Å². The van der Waals surface area contributed by atoms with E-state index in [-0.39, 0.29) is 11.8 Å². The van der Waals surface area contributed by atoms with Crippen molar-refractivity contribution >= 4 is 5.91 Å². The Morgan fingerprint density at radius 1 is 1.31 bits per heavy atom. The van der Waals surface area contributed by atoms with Crippen molar-refractivity contribution < 1.29 is 13.9 Å². The summed E-state index contributed by atoms with van der Waals surface area (Å²) in [5.41, 5.74) is 1.14. The lowest BCUT2D eigenvalue weighted by atomic mass is 10.1. The van der Waals surface area contributed by atoms with Gasteiger partial charge in [-0.05, 0) is 37.0 Å². The smallest absolute Gasteiger partial charge is 0.225 e. The van der Waals surface area contributed by atoms with Crippen LogP contribution in [0.25, 0.3) is 0 Å². The van der Waals surface area contributed by atoms with Gasteiger partial charge >= 0.3 is 0 Å². The summed E-state index contributed by atoms with van der Waals surface area (Å²) in [6, 6.07) is 7.99. The molecule has 138 valence electrons. The Kier molecular flexibility index (Phi) is 4.96. The average molecular weight is 354 g/mol. The van der Waals surface area contributed by atoms with Gasteiger partial charge in [-0.25, -0.2) is 4.98 Å². The van der Waals surface area contributed by atoms with Crippen molar-refractivity contribution in [1.29, 1.82) is 0 Å². The van der Waals surface area contributed by atoms with Crippen molar-refractivity contribution in [2.75, 3.05) is 20.2 Å². The number of nitrogens with zero attached hydrogens (tertiary/aromatic N) is 2. The van der Waals surface area contributed by atoms with Crippen molar-refractivity contribution in [1.82, 2.24) is 9.88 Å². The molecule has 4 rings (SSSR count). The Morgan fingerprint density at radius 3 is 2.96 bits per heavy atom. The topological polar surface area (TPSA) is 55.6 Å². The first kappa shape index (κ1) is 17.1. The standard InChI is InChI=1S/C21H26N2O3/c1-25-18-8-4-5-15(11-18)12-19-13-22-20(26-19)17-9-10-23(14-17)21(24)16-6-2-3-7-16/h4-5,8,11,13,16-17H,2-3,6-7,9-10,12,14H2,1H3/t17-/m0/s1. The largest absolute Gasteiger partial charge is 0.497 e. The molecular formula is C21H26N2O3. The van der Waals surface area contributed by atoms with E-state index in [9.17, 15) is 4.79 Å². The summed E-state index contributed by atoms with van der Waals surface area (Å²) in [4.78, 5) is 19.1. The number of ether oxygens (including phenoxy) is 1. The van der Waals surface area contributed by atoms with Crippen LogP contribution < -0.4 is 4.74 Å². The highest BCUT2D eigenvalue weighted by Crippen LogP contribution is 2.32. The number of hydrogen-bond acceptors (Lipinski definition) is 4. The van der Waals surface area contributed by atoms with Crippen molar-refractivity contribution in [2.24, 2.45) is 5.92 Å². The number of oxazole rings is 1. The fourth-order valence-corrected chi connectivity index (χ4v) is 4.17. The Labute approximate surface area is 154 Å². The molecule has 0 unspecified atom stereocenters. The predicted molar refractivity (Wildman–Crippen MR) is 98.2 cm³/mol. The Morgan fingerprint density at radius 2 is 2.15 bits per heavy atom. The molecule has 5 nitrogen and oxygen atoms in total. The summed E-state index contributed by atoms with van der Waals surface area (Å²) in [5, 5.41) is 0. The minimum absolute atomic E-state index is 0.222. The molecule has 26 heavy (non-hydrogen) atoms. The van der Waals surface area contributed by atoms with Crippen molar-refractivity contribution in [3.8, 4) is 5.75 Å². The van der Waals surface area contributed by atoms with Gasteiger partial charge in [0.2, 0.25) is 5.91 Å². The van der Waals surface area contributed by atoms with E-state index in [0.29, 0.717) is 12.3 Å². The van der Waals surface area contributed by atoms with Crippen molar-refractivity contribution in [3.05, 3.63) is 47.7 Å². The molecular weight excluding hydrogens is 328 g/mol. The van der Waals surface area contributed by atoms with Gasteiger partial charge in [-0.3, -0.25) is 4.79 Å². The van der Waals surface area contributed by atoms with Crippen LogP contribution in [0.1, 0.15) is 55.2 Å². The van der Waals surface area contributed by atoms with E-state index >= 15 is 0 Å². The lowest BCUT2D eigenvalue weighted by molar-refractivity contribution is -0.134. The molecule has 1 saturated heterocycles. The Hall–Kier alpha value is -2.30. The number of benzene rings is 1. The van der Waals surface area contributed by atoms with Crippen LogP contribution in [0.15, 0.2) is 34.9 Å². The van der Waals surface area contributed by atoms with E-state index in [1.807, 2.05) is 29.3 Å². The lowest BCUT2D eigenvalue weighted by Gasteiger charge is -2.20. The molecule has 1 aromatic heterocycles. The van der Waals surface area contributed by atoms with E-state index in [2.05, 4.69) is 11.1 Å². The molecule has 1 saturated carbocycles. The second kappa shape index (κ2) is 7.52. The Balaban J connectivity index is 1.38. The summed E-state index contributed by atoms with van der Waals surface area (Å²) in [5.74, 6) is 3.28. The van der Waals surface area contributed by atoms with Crippen molar-refractivity contribution in [2.45, 2.75) is 44.4 Å². The molecule has 2 fully saturated rings. The highest BCUT2D eigenvalue weighted by Gasteiger charge is 2.34. The Bertz CT molecular complexity index is 764. The number of carbonyl (C=O) groups is 1. The van der Waals surface area contributed by atoms with Gasteiger partial charge in [0.05, 0.1) is 19.2 Å². The first-order valence-electron chi connectivity index (χ1n) is 9.59. The third-order valence-corrected chi connectivity index (χ3v) is 5.64. The third kappa shape index (κ3) is 3.62. The highest BCUT2D eigenvalue weighted by atomic mass is 16.5. The molecule has 1 aromatic carbocycles. The van der Waals surface area contributed by atoms with Crippen LogP contribution >= 0.6 is 0 Å². The number of carbonyl (C=O) groups excluding carboxylic acids is 1. The number of rotatable bonds is 5. The fraction of sp³-hybridized carbons (Fsp3) is 0.524. The number of methoxy groups -OCH3 is 1. The summed E-state index contributed by atoms with van der Waals surface area (Å²) in [6.45, 7) is 1.57. The first-order chi connectivity index (χ1) is 12.7. The molecule has 2 heterocycles. The van der Waals surface area contributed by atoms with Gasteiger partial charge in [-0.1, -0.05) is 25.0 Å². The van der Waals surface area contributed by atoms with Gasteiger partial charge in [-0.2, -0.15) is 0 Å². The minimum Gasteiger partial charge on any atom is -0.497 e. The van der Waals surface area contributed by atoms with Crippen LogP contribution in [0.3, 0.4) is 0 Å². The molecule has 1 amide bonds. The maximum absolute atomic E-state index is 12.6. The highest BCUT2D eigenvalue weighted by molar-refractivity contribution is 5.79. The molecule has 1 atom stereocenters. The quantitative estimate of drug-likeness (QED) is 0.820. The van der Waals surface area contributed by atoms with E-state index < -0.39 is 0 Å². The SMILES string of the molecule is COc1cccc(Cc2cnc([C@H]3CCN(C(=O)C4CCCC4)C3)o2)c1. The normalized spacial score (nSPS) is 20.7. The van der Waals surface area contributed by atoms with Crippen LogP contribution in [0.5, 0.6) is 5.75 Å². The average Bonchev–Trinajstić information content (AvgIpc) is 3.41. The number of likely N-dealkylation sites (tertiary alicyclic amines) is 1. The monoisotopic (exact) mass is 354 g/mol. The fourth-order valence-electron chi connectivity index (χ4n) is 4.17. The van der Waals surface area contributed by atoms with Crippen LogP contribution in [0.2, 0.25) is 0 Å². The summed E-state index contributed by atoms with van der Waals surface area (Å²) in [7, 11) is 1.67. The van der Waals surface area contributed by atoms with Gasteiger partial charge < -0.3 is 14.1 Å². The molecule has 2 aliphatic rings. The molecule has 0 bridgehead atoms. The number of aromatic nitrogens is 1. The minimum atomic E-state index is 0.222. The maximum Gasteiger partial charge on any atom is 0.225 e. The van der Waals surface area contributed by atoms with Gasteiger partial charge in [0.25, 0.3) is 0 Å². The summed E-state index contributed by atoms with van der Waals surface area (Å²) < 4.78 is 11.3. The molecule has 0 N–H and O–H groups in total. The first-order valence-corrected chi connectivity index (χ1v) is 9.59. The second-order valence-electron chi connectivity index (χ2n) is 7.44. The maximum atomic E-state index is 12.6. The zero-order valence-electron chi connectivity index (χ0n) is 15.3. The lowest BCUT2D eigenvalue weighted by Crippen LogP contribution is -2.33. The van der Waals surface area contributed by atoms with Crippen LogP contribution in [-0.2, 0) is 11.2 Å². The molecule has 1 aliphatic carbocycles. The number of amides is 1. The molecule has 0 spiro atoms. The second-order valence-corrected chi connectivity index (χ2v) is 7.44. The molecule has 0 radical (unpaired) electrons. The molecule has 2 aromatic rings. The zero-order valence-corrected chi connectivity index (χ0v) is 15.3. The van der Waals surface area contributed by atoms with Gasteiger partial charge in [-0.15, -0.1) is 0 Å². The van der Waals surface area contributed by atoms with Crippen LogP contribution in [0, 0.1) is 5.92 Å². The summed E-state index contributed by atoms with van der Waals surface area (Å²) >= 11 is 0. The predicted octanol–water partition coefficient (Wildman–Crippen LogP) is 3.78. The van der Waals surface area contributed by atoms with Gasteiger partial charge in [0.1, 0.15) is 11.5 Å². The van der Waals surface area contributed by atoms with Crippen molar-refractivity contribution in [3.63, 3.8) is 0 Å². The molecule has 5 heteroatoms. The zero-order chi connectivity index (χ0) is 17.9. The van der Waals surface area contributed by atoms with Crippen LogP contribution in [-0.4, -0.2) is 36.0 Å². The van der Waals surface area contributed by atoms with Gasteiger partial charge in [0.15, 0.2) is 5.89 Å². The summed E-state index contributed by atoms with van der Waals surface area (Å²) in [6.07, 6.45) is 7.96. The third-order valence-electron chi connectivity index (χ3n) is 5.64. The molecule has 1 aliphatic heterocycles. The van der Waals surface area contributed by atoms with E-state index in [1.165, 1.54) is 12.8 Å².